The number of benzene rings is 1. The summed E-state index contributed by atoms with van der Waals surface area (Å²) in [5, 5.41) is 9.58. The van der Waals surface area contributed by atoms with E-state index in [9.17, 15) is 14.7 Å². The van der Waals surface area contributed by atoms with Crippen LogP contribution in [-0.4, -0.2) is 34.5 Å². The van der Waals surface area contributed by atoms with Crippen molar-refractivity contribution in [2.24, 2.45) is 17.8 Å². The van der Waals surface area contributed by atoms with Crippen LogP contribution in [0.3, 0.4) is 0 Å². The molecule has 1 saturated heterocycles. The van der Waals surface area contributed by atoms with Crippen LogP contribution in [0.4, 0.5) is 0 Å². The lowest BCUT2D eigenvalue weighted by Gasteiger charge is -2.36. The quantitative estimate of drug-likeness (QED) is 0.923. The molecule has 24 heavy (non-hydrogen) atoms. The average molecular weight is 327 g/mol. The van der Waals surface area contributed by atoms with Gasteiger partial charge in [-0.05, 0) is 54.9 Å². The lowest BCUT2D eigenvalue weighted by atomic mass is 9.70. The van der Waals surface area contributed by atoms with Gasteiger partial charge in [-0.15, -0.1) is 0 Å². The standard InChI is InChI=1S/C20H25NO3/c22-18(11-13-9-16(10-13)14-5-2-1-3-6-14)21-12-15-7-4-8-17(15)19(21)20(23)24/h1-3,5-6,13,15-17,19H,4,7-12H2,(H,23,24). The van der Waals surface area contributed by atoms with Gasteiger partial charge in [0.05, 0.1) is 0 Å². The molecule has 4 heteroatoms. The first-order valence-corrected chi connectivity index (χ1v) is 9.20. The molecular formula is C20H25NO3. The minimum Gasteiger partial charge on any atom is -0.480 e. The zero-order chi connectivity index (χ0) is 16.7. The van der Waals surface area contributed by atoms with Crippen LogP contribution >= 0.6 is 0 Å². The fourth-order valence-corrected chi connectivity index (χ4v) is 5.14. The molecule has 0 spiro atoms. The van der Waals surface area contributed by atoms with E-state index in [0.717, 1.165) is 32.1 Å². The molecule has 1 N–H and O–H groups in total. The highest BCUT2D eigenvalue weighted by Gasteiger charge is 2.49. The van der Waals surface area contributed by atoms with Crippen molar-refractivity contribution in [3.05, 3.63) is 35.9 Å². The van der Waals surface area contributed by atoms with Gasteiger partial charge < -0.3 is 10.0 Å². The van der Waals surface area contributed by atoms with E-state index in [0.29, 0.717) is 30.7 Å². The summed E-state index contributed by atoms with van der Waals surface area (Å²) in [6.07, 6.45) is 5.78. The molecule has 0 bridgehead atoms. The normalized spacial score (nSPS) is 34.7. The molecule has 4 rings (SSSR count). The molecular weight excluding hydrogens is 302 g/mol. The van der Waals surface area contributed by atoms with Crippen molar-refractivity contribution in [2.75, 3.05) is 6.54 Å². The van der Waals surface area contributed by atoms with Crippen LogP contribution in [0, 0.1) is 17.8 Å². The second-order valence-electron chi connectivity index (χ2n) is 7.83. The van der Waals surface area contributed by atoms with Crippen molar-refractivity contribution in [2.45, 2.75) is 50.5 Å². The van der Waals surface area contributed by atoms with Crippen LogP contribution in [0.25, 0.3) is 0 Å². The van der Waals surface area contributed by atoms with Gasteiger partial charge in [-0.1, -0.05) is 36.8 Å². The van der Waals surface area contributed by atoms with E-state index >= 15 is 0 Å². The van der Waals surface area contributed by atoms with Gasteiger partial charge in [0, 0.05) is 13.0 Å². The summed E-state index contributed by atoms with van der Waals surface area (Å²) < 4.78 is 0. The number of nitrogens with zero attached hydrogens (tertiary/aromatic N) is 1. The number of hydrogen-bond donors (Lipinski definition) is 1. The average Bonchev–Trinajstić information content (AvgIpc) is 3.11. The zero-order valence-corrected chi connectivity index (χ0v) is 13.9. The second-order valence-corrected chi connectivity index (χ2v) is 7.83. The topological polar surface area (TPSA) is 57.6 Å². The molecule has 0 radical (unpaired) electrons. The van der Waals surface area contributed by atoms with Crippen molar-refractivity contribution in [1.29, 1.82) is 0 Å². The van der Waals surface area contributed by atoms with E-state index in [1.807, 2.05) is 6.07 Å². The number of fused-ring (bicyclic) bond motifs is 1. The molecule has 3 atom stereocenters. The highest BCUT2D eigenvalue weighted by atomic mass is 16.4. The van der Waals surface area contributed by atoms with Crippen LogP contribution < -0.4 is 0 Å². The van der Waals surface area contributed by atoms with Gasteiger partial charge >= 0.3 is 5.97 Å². The predicted molar refractivity (Wildman–Crippen MR) is 90.5 cm³/mol. The van der Waals surface area contributed by atoms with Crippen LogP contribution in [0.5, 0.6) is 0 Å². The summed E-state index contributed by atoms with van der Waals surface area (Å²) in [7, 11) is 0. The lowest BCUT2D eigenvalue weighted by Crippen LogP contribution is -2.44. The van der Waals surface area contributed by atoms with Crippen molar-refractivity contribution in [3.8, 4) is 0 Å². The van der Waals surface area contributed by atoms with E-state index < -0.39 is 12.0 Å². The predicted octanol–water partition coefficient (Wildman–Crippen LogP) is 3.28. The highest BCUT2D eigenvalue weighted by Crippen LogP contribution is 2.46. The third-order valence-electron chi connectivity index (χ3n) is 6.43. The highest BCUT2D eigenvalue weighted by molar-refractivity contribution is 5.85. The van der Waals surface area contributed by atoms with Crippen LogP contribution in [0.1, 0.15) is 50.0 Å². The van der Waals surface area contributed by atoms with Gasteiger partial charge in [-0.25, -0.2) is 4.79 Å². The summed E-state index contributed by atoms with van der Waals surface area (Å²) in [6.45, 7) is 0.662. The summed E-state index contributed by atoms with van der Waals surface area (Å²) >= 11 is 0. The molecule has 2 saturated carbocycles. The van der Waals surface area contributed by atoms with Crippen molar-refractivity contribution >= 4 is 11.9 Å². The maximum absolute atomic E-state index is 12.7. The number of carbonyl (C=O) groups is 2. The first-order chi connectivity index (χ1) is 11.6. The zero-order valence-electron chi connectivity index (χ0n) is 13.9. The lowest BCUT2D eigenvalue weighted by molar-refractivity contribution is -0.150. The molecule has 3 unspecified atom stereocenters. The Morgan fingerprint density at radius 1 is 1.12 bits per heavy atom. The number of carboxylic acid groups (broad SMARTS) is 1. The number of hydrogen-bond acceptors (Lipinski definition) is 2. The summed E-state index contributed by atoms with van der Waals surface area (Å²) in [4.78, 5) is 26.1. The number of aliphatic carboxylic acids is 1. The molecule has 3 fully saturated rings. The molecule has 2 aliphatic carbocycles. The van der Waals surface area contributed by atoms with Gasteiger partial charge in [-0.2, -0.15) is 0 Å². The number of carbonyl (C=O) groups excluding carboxylic acids is 1. The fourth-order valence-electron chi connectivity index (χ4n) is 5.14. The molecule has 1 aliphatic heterocycles. The Morgan fingerprint density at radius 2 is 1.88 bits per heavy atom. The monoisotopic (exact) mass is 327 g/mol. The number of likely N-dealkylation sites (tertiary alicyclic amines) is 1. The molecule has 1 aromatic carbocycles. The Hall–Kier alpha value is -1.84. The Labute approximate surface area is 142 Å². The Morgan fingerprint density at radius 3 is 2.58 bits per heavy atom. The molecule has 1 heterocycles. The second kappa shape index (κ2) is 6.23. The summed E-state index contributed by atoms with van der Waals surface area (Å²) in [5.41, 5.74) is 1.36. The Bertz CT molecular complexity index is 623. The maximum Gasteiger partial charge on any atom is 0.326 e. The third kappa shape index (κ3) is 2.72. The van der Waals surface area contributed by atoms with Crippen LogP contribution in [0.2, 0.25) is 0 Å². The minimum atomic E-state index is -0.812. The maximum atomic E-state index is 12.7. The molecule has 1 aromatic rings. The number of amides is 1. The Kier molecular flexibility index (Phi) is 4.07. The molecule has 0 aromatic heterocycles. The van der Waals surface area contributed by atoms with E-state index in [1.165, 1.54) is 5.56 Å². The van der Waals surface area contributed by atoms with Gasteiger partial charge in [0.2, 0.25) is 5.91 Å². The largest absolute Gasteiger partial charge is 0.480 e. The van der Waals surface area contributed by atoms with Crippen LogP contribution in [0.15, 0.2) is 30.3 Å². The first kappa shape index (κ1) is 15.7. The van der Waals surface area contributed by atoms with Crippen molar-refractivity contribution in [1.82, 2.24) is 4.90 Å². The number of rotatable bonds is 4. The molecule has 4 nitrogen and oxygen atoms in total. The third-order valence-corrected chi connectivity index (χ3v) is 6.43. The van der Waals surface area contributed by atoms with Gasteiger partial charge in [-0.3, -0.25) is 4.79 Å². The SMILES string of the molecule is O=C(O)C1C2CCCC2CN1C(=O)CC1CC(c2ccccc2)C1. The summed E-state index contributed by atoms with van der Waals surface area (Å²) in [5.74, 6) is 0.829. The van der Waals surface area contributed by atoms with Gasteiger partial charge in [0.25, 0.3) is 0 Å². The minimum absolute atomic E-state index is 0.0633. The Balaban J connectivity index is 1.35. The van der Waals surface area contributed by atoms with Crippen molar-refractivity contribution < 1.29 is 14.7 Å². The number of carboxylic acids is 1. The smallest absolute Gasteiger partial charge is 0.326 e. The molecule has 1 amide bonds. The molecule has 128 valence electrons. The first-order valence-electron chi connectivity index (χ1n) is 9.20. The fraction of sp³-hybridized carbons (Fsp3) is 0.600. The van der Waals surface area contributed by atoms with E-state index in [2.05, 4.69) is 24.3 Å². The van der Waals surface area contributed by atoms with E-state index in [-0.39, 0.29) is 11.8 Å². The van der Waals surface area contributed by atoms with Crippen molar-refractivity contribution in [3.63, 3.8) is 0 Å². The summed E-state index contributed by atoms with van der Waals surface area (Å²) in [6, 6.07) is 9.90. The van der Waals surface area contributed by atoms with E-state index in [4.69, 9.17) is 0 Å². The van der Waals surface area contributed by atoms with Crippen LogP contribution in [-0.2, 0) is 9.59 Å². The van der Waals surface area contributed by atoms with Gasteiger partial charge in [0.1, 0.15) is 6.04 Å². The van der Waals surface area contributed by atoms with E-state index in [1.54, 1.807) is 4.90 Å². The molecule has 3 aliphatic rings. The van der Waals surface area contributed by atoms with Gasteiger partial charge in [0.15, 0.2) is 0 Å².